The summed E-state index contributed by atoms with van der Waals surface area (Å²) in [5, 5.41) is 3.37. The smallest absolute Gasteiger partial charge is 0.0278 e. The first kappa shape index (κ1) is 7.13. The molecule has 2 aliphatic rings. The van der Waals surface area contributed by atoms with Gasteiger partial charge >= 0.3 is 0 Å². The number of rotatable bonds is 0. The number of hydrazine groups is 1. The maximum atomic E-state index is 3.37. The third-order valence-corrected chi connectivity index (χ3v) is 2.38. The largest absolute Gasteiger partial charge is 0.326 e. The average Bonchev–Trinajstić information content (AvgIpc) is 2.28. The molecule has 0 aromatic rings. The van der Waals surface area contributed by atoms with Crippen LogP contribution in [0.3, 0.4) is 0 Å². The maximum Gasteiger partial charge on any atom is 0.0278 e. The van der Waals surface area contributed by atoms with E-state index in [0.29, 0.717) is 0 Å². The van der Waals surface area contributed by atoms with E-state index in [4.69, 9.17) is 0 Å². The lowest BCUT2D eigenvalue weighted by atomic mass is 9.97. The molecule has 3 heteroatoms. The quantitative estimate of drug-likeness (QED) is 0.457. The summed E-state index contributed by atoms with van der Waals surface area (Å²) in [6.45, 7) is 3.24. The molecule has 1 atom stereocenters. The minimum atomic E-state index is 0.721. The van der Waals surface area contributed by atoms with Crippen molar-refractivity contribution in [3.8, 4) is 0 Å². The van der Waals surface area contributed by atoms with Gasteiger partial charge in [-0.2, -0.15) is 0 Å². The van der Waals surface area contributed by atoms with Gasteiger partial charge in [-0.15, -0.1) is 0 Å². The van der Waals surface area contributed by atoms with Crippen LogP contribution >= 0.6 is 0 Å². The zero-order chi connectivity index (χ0) is 7.52. The monoisotopic (exact) mass is 153 g/mol. The molecule has 11 heavy (non-hydrogen) atoms. The van der Waals surface area contributed by atoms with Crippen molar-refractivity contribution in [3.05, 3.63) is 11.8 Å². The molecule has 0 aliphatic carbocycles. The Bertz CT molecular complexity index is 165. The summed E-state index contributed by atoms with van der Waals surface area (Å²) in [6, 6.07) is 0. The van der Waals surface area contributed by atoms with Gasteiger partial charge in [-0.1, -0.05) is 0 Å². The predicted molar refractivity (Wildman–Crippen MR) is 44.8 cm³/mol. The molecule has 0 aromatic heterocycles. The highest BCUT2D eigenvalue weighted by atomic mass is 15.4. The molecule has 0 radical (unpaired) electrons. The van der Waals surface area contributed by atoms with Crippen LogP contribution < -0.4 is 16.2 Å². The summed E-state index contributed by atoms with van der Waals surface area (Å²) in [6.07, 6.45) is 4.82. The third-order valence-electron chi connectivity index (χ3n) is 2.38. The Labute approximate surface area is 67.2 Å². The van der Waals surface area contributed by atoms with Crippen LogP contribution in [0.5, 0.6) is 0 Å². The summed E-state index contributed by atoms with van der Waals surface area (Å²) < 4.78 is 0. The van der Waals surface area contributed by atoms with Gasteiger partial charge < -0.3 is 10.7 Å². The standard InChI is InChI=1S/C8H15N3/c1-2-7-6-9-5-3-8(7)11-10-4-1/h3,7,9-11H,1-2,4-6H2/t7-/m0/s1. The van der Waals surface area contributed by atoms with Crippen molar-refractivity contribution >= 4 is 0 Å². The highest BCUT2D eigenvalue weighted by Crippen LogP contribution is 2.17. The first-order valence-electron chi connectivity index (χ1n) is 4.36. The van der Waals surface area contributed by atoms with Gasteiger partial charge in [0.2, 0.25) is 0 Å². The Kier molecular flexibility index (Phi) is 2.10. The zero-order valence-corrected chi connectivity index (χ0v) is 6.69. The molecule has 3 N–H and O–H groups in total. The zero-order valence-electron chi connectivity index (χ0n) is 6.69. The predicted octanol–water partition coefficient (Wildman–Crippen LogP) is -0.0223. The molecule has 0 bridgehead atoms. The molecule has 1 saturated heterocycles. The third kappa shape index (κ3) is 1.54. The van der Waals surface area contributed by atoms with Crippen LogP contribution in [0.15, 0.2) is 11.8 Å². The lowest BCUT2D eigenvalue weighted by Gasteiger charge is -2.22. The second-order valence-corrected chi connectivity index (χ2v) is 3.21. The van der Waals surface area contributed by atoms with Crippen LogP contribution in [0.4, 0.5) is 0 Å². The molecule has 2 rings (SSSR count). The molecule has 3 nitrogen and oxygen atoms in total. The van der Waals surface area contributed by atoms with Gasteiger partial charge in [0.1, 0.15) is 0 Å². The Morgan fingerprint density at radius 1 is 1.45 bits per heavy atom. The van der Waals surface area contributed by atoms with Gasteiger partial charge in [-0.05, 0) is 18.9 Å². The minimum Gasteiger partial charge on any atom is -0.326 e. The topological polar surface area (TPSA) is 36.1 Å². The van der Waals surface area contributed by atoms with E-state index in [1.807, 2.05) is 0 Å². The fraction of sp³-hybridized carbons (Fsp3) is 0.750. The summed E-state index contributed by atoms with van der Waals surface area (Å²) in [4.78, 5) is 0. The van der Waals surface area contributed by atoms with Crippen molar-refractivity contribution in [1.82, 2.24) is 16.2 Å². The summed E-state index contributed by atoms with van der Waals surface area (Å²) in [5.74, 6) is 0.721. The van der Waals surface area contributed by atoms with Crippen molar-refractivity contribution < 1.29 is 0 Å². The fourth-order valence-corrected chi connectivity index (χ4v) is 1.73. The van der Waals surface area contributed by atoms with Crippen molar-refractivity contribution in [2.45, 2.75) is 12.8 Å². The van der Waals surface area contributed by atoms with Gasteiger partial charge in [0.05, 0.1) is 0 Å². The van der Waals surface area contributed by atoms with E-state index in [1.165, 1.54) is 18.5 Å². The second kappa shape index (κ2) is 3.24. The number of fused-ring (bicyclic) bond motifs is 1. The molecular weight excluding hydrogens is 138 g/mol. The molecule has 0 spiro atoms. The second-order valence-electron chi connectivity index (χ2n) is 3.21. The van der Waals surface area contributed by atoms with E-state index >= 15 is 0 Å². The van der Waals surface area contributed by atoms with E-state index in [0.717, 1.165) is 25.6 Å². The van der Waals surface area contributed by atoms with Gasteiger partial charge in [-0.25, -0.2) is 5.43 Å². The van der Waals surface area contributed by atoms with Crippen LogP contribution in [-0.2, 0) is 0 Å². The Morgan fingerprint density at radius 3 is 3.45 bits per heavy atom. The minimum absolute atomic E-state index is 0.721. The molecule has 2 aliphatic heterocycles. The number of nitrogens with one attached hydrogen (secondary N) is 3. The molecular formula is C8H15N3. The maximum absolute atomic E-state index is 3.37. The van der Waals surface area contributed by atoms with E-state index in [1.54, 1.807) is 0 Å². The van der Waals surface area contributed by atoms with E-state index in [-0.39, 0.29) is 0 Å². The molecule has 0 aromatic carbocycles. The summed E-state index contributed by atoms with van der Waals surface area (Å²) in [7, 11) is 0. The average molecular weight is 153 g/mol. The lowest BCUT2D eigenvalue weighted by molar-refractivity contribution is 0.480. The van der Waals surface area contributed by atoms with Crippen molar-refractivity contribution in [2.24, 2.45) is 5.92 Å². The van der Waals surface area contributed by atoms with E-state index < -0.39 is 0 Å². The highest BCUT2D eigenvalue weighted by Gasteiger charge is 2.18. The van der Waals surface area contributed by atoms with Gasteiger partial charge in [0, 0.05) is 31.2 Å². The first-order valence-corrected chi connectivity index (χ1v) is 4.36. The number of hydrogen-bond acceptors (Lipinski definition) is 3. The van der Waals surface area contributed by atoms with Crippen LogP contribution in [0.2, 0.25) is 0 Å². The highest BCUT2D eigenvalue weighted by molar-refractivity contribution is 5.09. The molecule has 1 fully saturated rings. The van der Waals surface area contributed by atoms with Gasteiger partial charge in [0.15, 0.2) is 0 Å². The fourth-order valence-electron chi connectivity index (χ4n) is 1.73. The van der Waals surface area contributed by atoms with Crippen LogP contribution in [0.25, 0.3) is 0 Å². The Balaban J connectivity index is 2.07. The molecule has 0 amide bonds. The van der Waals surface area contributed by atoms with Crippen molar-refractivity contribution in [2.75, 3.05) is 19.6 Å². The van der Waals surface area contributed by atoms with Crippen LogP contribution in [0, 0.1) is 5.92 Å². The van der Waals surface area contributed by atoms with Crippen LogP contribution in [-0.4, -0.2) is 19.6 Å². The molecule has 2 heterocycles. The van der Waals surface area contributed by atoms with Gasteiger partial charge in [-0.3, -0.25) is 0 Å². The number of hydrogen-bond donors (Lipinski definition) is 3. The Hall–Kier alpha value is -0.540. The molecule has 0 unspecified atom stereocenters. The Morgan fingerprint density at radius 2 is 2.45 bits per heavy atom. The normalized spacial score (nSPS) is 31.3. The van der Waals surface area contributed by atoms with E-state index in [2.05, 4.69) is 22.2 Å². The van der Waals surface area contributed by atoms with E-state index in [9.17, 15) is 0 Å². The van der Waals surface area contributed by atoms with Crippen LogP contribution in [0.1, 0.15) is 12.8 Å². The summed E-state index contributed by atoms with van der Waals surface area (Å²) >= 11 is 0. The van der Waals surface area contributed by atoms with Crippen molar-refractivity contribution in [1.29, 1.82) is 0 Å². The SMILES string of the molecule is C1=C2NNCCC[C@H]2CNC1. The molecule has 62 valence electrons. The lowest BCUT2D eigenvalue weighted by Crippen LogP contribution is -2.37. The van der Waals surface area contributed by atoms with Crippen molar-refractivity contribution in [3.63, 3.8) is 0 Å². The summed E-state index contributed by atoms with van der Waals surface area (Å²) in [5.41, 5.74) is 7.85. The van der Waals surface area contributed by atoms with Gasteiger partial charge in [0.25, 0.3) is 0 Å². The molecule has 0 saturated carbocycles. The first-order chi connectivity index (χ1) is 5.47.